The van der Waals surface area contributed by atoms with Crippen molar-refractivity contribution < 1.29 is 9.53 Å². The number of carbonyl (C=O) groups excluding carboxylic acids is 1. The first-order valence-electron chi connectivity index (χ1n) is 8.62. The molecule has 2 rings (SSSR count). The highest BCUT2D eigenvalue weighted by atomic mass is 16.5. The molecule has 0 spiro atoms. The SMILES string of the molecule is COC(=O)c1ccccc1N=CC(C)Cc1ccc(C(C)(C)C)cc1. The summed E-state index contributed by atoms with van der Waals surface area (Å²) in [7, 11) is 1.38. The van der Waals surface area contributed by atoms with Crippen LogP contribution in [0, 0.1) is 5.92 Å². The molecule has 3 heteroatoms. The minimum atomic E-state index is -0.363. The van der Waals surface area contributed by atoms with Crippen molar-refractivity contribution in [2.24, 2.45) is 10.9 Å². The summed E-state index contributed by atoms with van der Waals surface area (Å²) in [5, 5.41) is 0. The predicted molar refractivity (Wildman–Crippen MR) is 104 cm³/mol. The number of rotatable bonds is 5. The van der Waals surface area contributed by atoms with E-state index in [4.69, 9.17) is 4.74 Å². The molecule has 0 heterocycles. The number of nitrogens with zero attached hydrogens (tertiary/aromatic N) is 1. The maximum Gasteiger partial charge on any atom is 0.340 e. The van der Waals surface area contributed by atoms with E-state index in [0.717, 1.165) is 6.42 Å². The highest BCUT2D eigenvalue weighted by molar-refractivity contribution is 5.95. The van der Waals surface area contributed by atoms with E-state index in [-0.39, 0.29) is 17.3 Å². The van der Waals surface area contributed by atoms with Crippen LogP contribution in [-0.4, -0.2) is 19.3 Å². The average molecular weight is 337 g/mol. The second-order valence-electron chi connectivity index (χ2n) is 7.42. The maximum absolute atomic E-state index is 11.8. The maximum atomic E-state index is 11.8. The molecular formula is C22H27NO2. The van der Waals surface area contributed by atoms with Crippen LogP contribution in [0.25, 0.3) is 0 Å². The highest BCUT2D eigenvalue weighted by Gasteiger charge is 2.13. The van der Waals surface area contributed by atoms with Gasteiger partial charge in [0.05, 0.1) is 18.4 Å². The van der Waals surface area contributed by atoms with Crippen LogP contribution in [-0.2, 0) is 16.6 Å². The Kier molecular flexibility index (Phi) is 6.13. The van der Waals surface area contributed by atoms with E-state index in [1.165, 1.54) is 18.2 Å². The van der Waals surface area contributed by atoms with E-state index in [0.29, 0.717) is 11.3 Å². The molecule has 0 saturated carbocycles. The standard InChI is InChI=1S/C22H27NO2/c1-16(14-17-10-12-18(13-11-17)22(2,3)4)15-23-20-9-7-6-8-19(20)21(24)25-5/h6-13,15-16H,14H2,1-5H3. The van der Waals surface area contributed by atoms with Gasteiger partial charge in [-0.05, 0) is 41.0 Å². The molecule has 2 aromatic rings. The van der Waals surface area contributed by atoms with Gasteiger partial charge in [0.2, 0.25) is 0 Å². The van der Waals surface area contributed by atoms with Gasteiger partial charge in [-0.15, -0.1) is 0 Å². The van der Waals surface area contributed by atoms with Crippen LogP contribution in [0.2, 0.25) is 0 Å². The minimum absolute atomic E-state index is 0.170. The summed E-state index contributed by atoms with van der Waals surface area (Å²) >= 11 is 0. The molecule has 1 unspecified atom stereocenters. The molecule has 0 aliphatic rings. The topological polar surface area (TPSA) is 38.7 Å². The summed E-state index contributed by atoms with van der Waals surface area (Å²) in [5.74, 6) is -0.0932. The number of esters is 1. The van der Waals surface area contributed by atoms with Gasteiger partial charge in [0.15, 0.2) is 0 Å². The largest absolute Gasteiger partial charge is 0.465 e. The van der Waals surface area contributed by atoms with Gasteiger partial charge in [-0.1, -0.05) is 64.1 Å². The second kappa shape index (κ2) is 8.11. The summed E-state index contributed by atoms with van der Waals surface area (Å²) in [4.78, 5) is 16.3. The number of methoxy groups -OCH3 is 1. The molecule has 0 saturated heterocycles. The molecular weight excluding hydrogens is 310 g/mol. The lowest BCUT2D eigenvalue weighted by Gasteiger charge is -2.19. The molecule has 0 aliphatic carbocycles. The van der Waals surface area contributed by atoms with E-state index < -0.39 is 0 Å². The lowest BCUT2D eigenvalue weighted by Crippen LogP contribution is -2.11. The molecule has 0 aromatic heterocycles. The van der Waals surface area contributed by atoms with Crippen molar-refractivity contribution in [3.05, 3.63) is 65.2 Å². The Hall–Kier alpha value is -2.42. The Labute approximate surface area is 150 Å². The fraction of sp³-hybridized carbons (Fsp3) is 0.364. The van der Waals surface area contributed by atoms with Crippen LogP contribution >= 0.6 is 0 Å². The van der Waals surface area contributed by atoms with Crippen molar-refractivity contribution in [3.63, 3.8) is 0 Å². The van der Waals surface area contributed by atoms with E-state index in [2.05, 4.69) is 57.0 Å². The fourth-order valence-corrected chi connectivity index (χ4v) is 2.64. The molecule has 25 heavy (non-hydrogen) atoms. The first-order chi connectivity index (χ1) is 11.8. The molecule has 0 N–H and O–H groups in total. The number of hydrogen-bond donors (Lipinski definition) is 0. The molecule has 0 fully saturated rings. The number of aliphatic imine (C=N–C) groups is 1. The van der Waals surface area contributed by atoms with Crippen molar-refractivity contribution in [2.75, 3.05) is 7.11 Å². The highest BCUT2D eigenvalue weighted by Crippen LogP contribution is 2.23. The van der Waals surface area contributed by atoms with E-state index in [1.807, 2.05) is 24.4 Å². The van der Waals surface area contributed by atoms with Crippen LogP contribution < -0.4 is 0 Å². The van der Waals surface area contributed by atoms with Gasteiger partial charge in [0.25, 0.3) is 0 Å². The molecule has 3 nitrogen and oxygen atoms in total. The zero-order valence-electron chi connectivity index (χ0n) is 15.7. The van der Waals surface area contributed by atoms with E-state index >= 15 is 0 Å². The third-order valence-electron chi connectivity index (χ3n) is 4.16. The molecule has 1 atom stereocenters. The molecule has 0 radical (unpaired) electrons. The molecule has 0 bridgehead atoms. The smallest absolute Gasteiger partial charge is 0.340 e. The number of ether oxygens (including phenoxy) is 1. The van der Waals surface area contributed by atoms with Crippen molar-refractivity contribution in [1.82, 2.24) is 0 Å². The van der Waals surface area contributed by atoms with E-state index in [9.17, 15) is 4.79 Å². The third kappa shape index (κ3) is 5.28. The zero-order valence-corrected chi connectivity index (χ0v) is 15.7. The number of hydrogen-bond acceptors (Lipinski definition) is 3. The molecule has 0 aliphatic heterocycles. The van der Waals surface area contributed by atoms with Gasteiger partial charge in [-0.2, -0.15) is 0 Å². The van der Waals surface area contributed by atoms with Crippen LogP contribution in [0.5, 0.6) is 0 Å². The summed E-state index contributed by atoms with van der Waals surface area (Å²) in [6.07, 6.45) is 2.81. The fourth-order valence-electron chi connectivity index (χ4n) is 2.64. The summed E-state index contributed by atoms with van der Waals surface area (Å²) in [6.45, 7) is 8.78. The Bertz CT molecular complexity index is 739. The molecule has 0 amide bonds. The molecule has 2 aromatic carbocycles. The Morgan fingerprint density at radius 1 is 1.12 bits per heavy atom. The summed E-state index contributed by atoms with van der Waals surface area (Å²) in [5.41, 5.74) is 3.92. The average Bonchev–Trinajstić information content (AvgIpc) is 2.59. The van der Waals surface area contributed by atoms with Crippen LogP contribution in [0.4, 0.5) is 5.69 Å². The Morgan fingerprint density at radius 3 is 2.36 bits per heavy atom. The van der Waals surface area contributed by atoms with Gasteiger partial charge in [-0.25, -0.2) is 4.79 Å². The first kappa shape index (κ1) is 18.9. The van der Waals surface area contributed by atoms with Gasteiger partial charge < -0.3 is 4.74 Å². The number of carbonyl (C=O) groups is 1. The van der Waals surface area contributed by atoms with Gasteiger partial charge in [-0.3, -0.25) is 4.99 Å². The van der Waals surface area contributed by atoms with Crippen molar-refractivity contribution >= 4 is 17.9 Å². The summed E-state index contributed by atoms with van der Waals surface area (Å²) in [6, 6.07) is 16.0. The Balaban J connectivity index is 2.06. The third-order valence-corrected chi connectivity index (χ3v) is 4.16. The zero-order chi connectivity index (χ0) is 18.4. The van der Waals surface area contributed by atoms with Crippen molar-refractivity contribution in [1.29, 1.82) is 0 Å². The monoisotopic (exact) mass is 337 g/mol. The lowest BCUT2D eigenvalue weighted by molar-refractivity contribution is 0.0601. The van der Waals surface area contributed by atoms with E-state index in [1.54, 1.807) is 6.07 Å². The number of benzene rings is 2. The first-order valence-corrected chi connectivity index (χ1v) is 8.62. The number of para-hydroxylation sites is 1. The lowest BCUT2D eigenvalue weighted by atomic mass is 9.86. The Morgan fingerprint density at radius 2 is 1.76 bits per heavy atom. The second-order valence-corrected chi connectivity index (χ2v) is 7.42. The normalized spacial score (nSPS) is 13.0. The van der Waals surface area contributed by atoms with Crippen LogP contribution in [0.3, 0.4) is 0 Å². The molecule has 132 valence electrons. The van der Waals surface area contributed by atoms with Gasteiger partial charge in [0, 0.05) is 6.21 Å². The van der Waals surface area contributed by atoms with Gasteiger partial charge >= 0.3 is 5.97 Å². The van der Waals surface area contributed by atoms with Crippen molar-refractivity contribution in [3.8, 4) is 0 Å². The minimum Gasteiger partial charge on any atom is -0.465 e. The van der Waals surface area contributed by atoms with Gasteiger partial charge in [0.1, 0.15) is 0 Å². The van der Waals surface area contributed by atoms with Crippen LogP contribution in [0.1, 0.15) is 49.2 Å². The summed E-state index contributed by atoms with van der Waals surface area (Å²) < 4.78 is 4.81. The van der Waals surface area contributed by atoms with Crippen LogP contribution in [0.15, 0.2) is 53.5 Å². The van der Waals surface area contributed by atoms with Crippen molar-refractivity contribution in [2.45, 2.75) is 39.5 Å². The quantitative estimate of drug-likeness (QED) is 0.545. The predicted octanol–water partition coefficient (Wildman–Crippen LogP) is 5.35.